The number of hydrogen-bond donors (Lipinski definition) is 2. The van der Waals surface area contributed by atoms with Crippen LogP contribution in [0.25, 0.3) is 0 Å². The van der Waals surface area contributed by atoms with Gasteiger partial charge in [-0.3, -0.25) is 14.6 Å². The van der Waals surface area contributed by atoms with Crippen molar-refractivity contribution < 1.29 is 8.42 Å². The van der Waals surface area contributed by atoms with Crippen LogP contribution >= 0.6 is 24.0 Å². The SMILES string of the molecule is CCNC(=NCCCn1nc(C)cc1C)NCCN1CCS(=O)(=O)CC1.I. The van der Waals surface area contributed by atoms with E-state index in [0.717, 1.165) is 50.8 Å². The van der Waals surface area contributed by atoms with Gasteiger partial charge in [0.05, 0.1) is 17.2 Å². The van der Waals surface area contributed by atoms with Crippen LogP contribution in [0.5, 0.6) is 0 Å². The van der Waals surface area contributed by atoms with Gasteiger partial charge in [-0.2, -0.15) is 5.10 Å². The molecule has 1 aliphatic rings. The van der Waals surface area contributed by atoms with Crippen LogP contribution in [0, 0.1) is 13.8 Å². The summed E-state index contributed by atoms with van der Waals surface area (Å²) in [6.45, 7) is 11.4. The van der Waals surface area contributed by atoms with Gasteiger partial charge in [-0.15, -0.1) is 24.0 Å². The number of nitrogens with zero attached hydrogens (tertiary/aromatic N) is 4. The lowest BCUT2D eigenvalue weighted by Crippen LogP contribution is -2.46. The molecule has 10 heteroatoms. The van der Waals surface area contributed by atoms with E-state index in [2.05, 4.69) is 38.6 Å². The molecule has 8 nitrogen and oxygen atoms in total. The molecule has 1 fully saturated rings. The van der Waals surface area contributed by atoms with Gasteiger partial charge >= 0.3 is 0 Å². The molecule has 156 valence electrons. The fraction of sp³-hybridized carbons (Fsp3) is 0.765. The van der Waals surface area contributed by atoms with Gasteiger partial charge in [-0.1, -0.05) is 0 Å². The molecule has 0 unspecified atom stereocenters. The molecular weight excluding hydrogens is 479 g/mol. The quantitative estimate of drug-likeness (QED) is 0.232. The third kappa shape index (κ3) is 8.77. The number of aromatic nitrogens is 2. The van der Waals surface area contributed by atoms with Crippen molar-refractivity contribution in [2.45, 2.75) is 33.7 Å². The topological polar surface area (TPSA) is 91.6 Å². The molecule has 1 aromatic heterocycles. The first-order valence-corrected chi connectivity index (χ1v) is 11.2. The predicted molar refractivity (Wildman–Crippen MR) is 121 cm³/mol. The Bertz CT molecular complexity index is 690. The Kier molecular flexibility index (Phi) is 10.6. The molecule has 0 spiro atoms. The van der Waals surface area contributed by atoms with Crippen molar-refractivity contribution in [3.8, 4) is 0 Å². The van der Waals surface area contributed by atoms with E-state index in [-0.39, 0.29) is 35.5 Å². The lowest BCUT2D eigenvalue weighted by Gasteiger charge is -2.26. The van der Waals surface area contributed by atoms with E-state index in [1.165, 1.54) is 5.69 Å². The van der Waals surface area contributed by atoms with Crippen LogP contribution in [0.4, 0.5) is 0 Å². The second kappa shape index (κ2) is 11.8. The highest BCUT2D eigenvalue weighted by atomic mass is 127. The first-order valence-electron chi connectivity index (χ1n) is 9.35. The van der Waals surface area contributed by atoms with E-state index in [0.29, 0.717) is 13.1 Å². The molecule has 2 heterocycles. The molecule has 27 heavy (non-hydrogen) atoms. The monoisotopic (exact) mass is 512 g/mol. The van der Waals surface area contributed by atoms with Crippen molar-refractivity contribution in [1.29, 1.82) is 0 Å². The minimum atomic E-state index is -2.81. The third-order valence-electron chi connectivity index (χ3n) is 4.40. The molecule has 0 atom stereocenters. The van der Waals surface area contributed by atoms with Gasteiger partial charge in [0.1, 0.15) is 0 Å². The summed E-state index contributed by atoms with van der Waals surface area (Å²) >= 11 is 0. The maximum absolute atomic E-state index is 11.5. The zero-order chi connectivity index (χ0) is 19.0. The smallest absolute Gasteiger partial charge is 0.191 e. The van der Waals surface area contributed by atoms with E-state index in [1.807, 2.05) is 18.5 Å². The number of aryl methyl sites for hydroxylation is 3. The summed E-state index contributed by atoms with van der Waals surface area (Å²) in [6.07, 6.45) is 0.933. The molecule has 1 aromatic rings. The van der Waals surface area contributed by atoms with Gasteiger partial charge in [-0.05, 0) is 33.3 Å². The second-order valence-corrected chi connectivity index (χ2v) is 8.99. The lowest BCUT2D eigenvalue weighted by molar-refractivity contribution is 0.299. The van der Waals surface area contributed by atoms with Gasteiger partial charge in [0.2, 0.25) is 0 Å². The van der Waals surface area contributed by atoms with Crippen LogP contribution < -0.4 is 10.6 Å². The Morgan fingerprint density at radius 1 is 1.22 bits per heavy atom. The van der Waals surface area contributed by atoms with Crippen molar-refractivity contribution in [3.63, 3.8) is 0 Å². The van der Waals surface area contributed by atoms with E-state index in [1.54, 1.807) is 0 Å². The molecule has 2 N–H and O–H groups in total. The molecule has 2 rings (SSSR count). The summed E-state index contributed by atoms with van der Waals surface area (Å²) in [5, 5.41) is 11.0. The fourth-order valence-electron chi connectivity index (χ4n) is 2.96. The van der Waals surface area contributed by atoms with E-state index in [9.17, 15) is 8.42 Å². The van der Waals surface area contributed by atoms with Crippen LogP contribution in [0.1, 0.15) is 24.7 Å². The number of rotatable bonds is 8. The maximum Gasteiger partial charge on any atom is 0.191 e. The van der Waals surface area contributed by atoms with Crippen LogP contribution in [0.2, 0.25) is 0 Å². The Labute approximate surface area is 180 Å². The number of guanidine groups is 1. The summed E-state index contributed by atoms with van der Waals surface area (Å²) in [5.74, 6) is 1.35. The van der Waals surface area contributed by atoms with Crippen LogP contribution in [-0.2, 0) is 16.4 Å². The predicted octanol–water partition coefficient (Wildman–Crippen LogP) is 0.794. The molecular formula is C17H33IN6O2S. The standard InChI is InChI=1S/C17H32N6O2S.HI/c1-4-18-17(19-6-5-8-23-16(3)14-15(2)21-23)20-7-9-22-10-12-26(24,25)13-11-22;/h14H,4-13H2,1-3H3,(H2,18,19,20);1H. The van der Waals surface area contributed by atoms with Crippen LogP contribution in [0.3, 0.4) is 0 Å². The fourth-order valence-corrected chi connectivity index (χ4v) is 4.24. The summed E-state index contributed by atoms with van der Waals surface area (Å²) in [6, 6.07) is 2.08. The molecule has 1 saturated heterocycles. The molecule has 1 aliphatic heterocycles. The first kappa shape index (κ1) is 24.2. The Morgan fingerprint density at radius 2 is 1.93 bits per heavy atom. The van der Waals surface area contributed by atoms with Crippen molar-refractivity contribution in [1.82, 2.24) is 25.3 Å². The minimum Gasteiger partial charge on any atom is -0.357 e. The van der Waals surface area contributed by atoms with Crippen molar-refractivity contribution in [3.05, 3.63) is 17.5 Å². The molecule has 0 radical (unpaired) electrons. The average molecular weight is 512 g/mol. The highest BCUT2D eigenvalue weighted by Crippen LogP contribution is 2.03. The minimum absolute atomic E-state index is 0. The van der Waals surface area contributed by atoms with Crippen LogP contribution in [0.15, 0.2) is 11.1 Å². The lowest BCUT2D eigenvalue weighted by atomic mass is 10.4. The number of sulfone groups is 1. The summed E-state index contributed by atoms with van der Waals surface area (Å²) < 4.78 is 24.9. The van der Waals surface area contributed by atoms with Gasteiger partial charge < -0.3 is 10.6 Å². The highest BCUT2D eigenvalue weighted by molar-refractivity contribution is 14.0. The maximum atomic E-state index is 11.5. The highest BCUT2D eigenvalue weighted by Gasteiger charge is 2.20. The summed E-state index contributed by atoms with van der Waals surface area (Å²) in [5.41, 5.74) is 2.23. The molecule has 0 aromatic carbocycles. The second-order valence-electron chi connectivity index (χ2n) is 6.68. The molecule has 0 amide bonds. The zero-order valence-electron chi connectivity index (χ0n) is 16.6. The van der Waals surface area contributed by atoms with E-state index in [4.69, 9.17) is 0 Å². The Balaban J connectivity index is 0.00000364. The first-order chi connectivity index (χ1) is 12.4. The number of hydrogen-bond acceptors (Lipinski definition) is 5. The molecule has 0 saturated carbocycles. The average Bonchev–Trinajstić information content (AvgIpc) is 2.90. The summed E-state index contributed by atoms with van der Waals surface area (Å²) in [7, 11) is -2.81. The Morgan fingerprint density at radius 3 is 2.52 bits per heavy atom. The van der Waals surface area contributed by atoms with Crippen molar-refractivity contribution in [2.75, 3.05) is 50.8 Å². The van der Waals surface area contributed by atoms with E-state index >= 15 is 0 Å². The van der Waals surface area contributed by atoms with Gasteiger partial charge in [-0.25, -0.2) is 8.42 Å². The van der Waals surface area contributed by atoms with Gasteiger partial charge in [0.25, 0.3) is 0 Å². The normalized spacial score (nSPS) is 17.4. The number of aliphatic imine (C=N–C) groups is 1. The Hall–Kier alpha value is -0.880. The van der Waals surface area contributed by atoms with Crippen molar-refractivity contribution >= 4 is 39.8 Å². The van der Waals surface area contributed by atoms with Crippen LogP contribution in [-0.4, -0.2) is 79.8 Å². The molecule has 0 aliphatic carbocycles. The van der Waals surface area contributed by atoms with Crippen molar-refractivity contribution in [2.24, 2.45) is 4.99 Å². The number of nitrogens with one attached hydrogen (secondary N) is 2. The van der Waals surface area contributed by atoms with Gasteiger partial charge in [0.15, 0.2) is 15.8 Å². The van der Waals surface area contributed by atoms with E-state index < -0.39 is 9.84 Å². The molecule has 0 bridgehead atoms. The van der Waals surface area contributed by atoms with Gasteiger partial charge in [0, 0.05) is 51.5 Å². The summed E-state index contributed by atoms with van der Waals surface area (Å²) in [4.78, 5) is 6.79. The third-order valence-corrected chi connectivity index (χ3v) is 6.01. The zero-order valence-corrected chi connectivity index (χ0v) is 19.7. The largest absolute Gasteiger partial charge is 0.357 e. The number of halogens is 1.